The van der Waals surface area contributed by atoms with Crippen LogP contribution in [0.2, 0.25) is 10.0 Å². The molecule has 21 heavy (non-hydrogen) atoms. The number of halogens is 2. The zero-order valence-corrected chi connectivity index (χ0v) is 13.3. The number of nitrogens with two attached hydrogens (primary N) is 1. The van der Waals surface area contributed by atoms with Crippen LogP contribution in [0.4, 0.5) is 5.82 Å². The Kier molecular flexibility index (Phi) is 4.17. The molecule has 0 aliphatic carbocycles. The van der Waals surface area contributed by atoms with Crippen molar-refractivity contribution in [3.8, 4) is 0 Å². The quantitative estimate of drug-likeness (QED) is 0.916. The molecule has 0 amide bonds. The van der Waals surface area contributed by atoms with E-state index in [-0.39, 0.29) is 0 Å². The predicted octanol–water partition coefficient (Wildman–Crippen LogP) is 2.15. The maximum absolute atomic E-state index is 6.07. The van der Waals surface area contributed by atoms with Crippen molar-refractivity contribution in [3.63, 3.8) is 0 Å². The molecule has 0 unspecified atom stereocenters. The van der Waals surface area contributed by atoms with Crippen LogP contribution in [-0.4, -0.2) is 48.1 Å². The molecule has 1 aromatic carbocycles. The number of benzene rings is 1. The Morgan fingerprint density at radius 2 is 1.62 bits per heavy atom. The molecule has 7 heteroatoms. The van der Waals surface area contributed by atoms with Gasteiger partial charge in [-0.3, -0.25) is 0 Å². The second-order valence-corrected chi connectivity index (χ2v) is 6.06. The number of hydrogen-bond donors (Lipinski definition) is 1. The van der Waals surface area contributed by atoms with E-state index in [1.165, 1.54) is 0 Å². The van der Waals surface area contributed by atoms with Crippen LogP contribution < -0.4 is 10.6 Å². The third kappa shape index (κ3) is 2.92. The smallest absolute Gasteiger partial charge is 0.152 e. The van der Waals surface area contributed by atoms with Gasteiger partial charge < -0.3 is 15.5 Å². The maximum Gasteiger partial charge on any atom is 0.152 e. The summed E-state index contributed by atoms with van der Waals surface area (Å²) in [6.45, 7) is 4.21. The third-order valence-electron chi connectivity index (χ3n) is 3.75. The molecule has 5 nitrogen and oxygen atoms in total. The number of hydrogen-bond acceptors (Lipinski definition) is 5. The number of fused-ring (bicyclic) bond motifs is 1. The Balaban J connectivity index is 2.06. The Morgan fingerprint density at radius 1 is 1.05 bits per heavy atom. The molecule has 1 saturated heterocycles. The lowest BCUT2D eigenvalue weighted by Gasteiger charge is -2.34. The van der Waals surface area contributed by atoms with Gasteiger partial charge >= 0.3 is 0 Å². The van der Waals surface area contributed by atoms with Gasteiger partial charge in [-0.05, 0) is 19.2 Å². The summed E-state index contributed by atoms with van der Waals surface area (Å²) < 4.78 is 0. The molecule has 1 aromatic heterocycles. The second-order valence-electron chi connectivity index (χ2n) is 5.24. The second kappa shape index (κ2) is 5.93. The molecule has 2 N–H and O–H groups in total. The van der Waals surface area contributed by atoms with Crippen molar-refractivity contribution in [3.05, 3.63) is 27.9 Å². The molecule has 2 aromatic rings. The number of piperazine rings is 1. The van der Waals surface area contributed by atoms with Gasteiger partial charge in [-0.1, -0.05) is 23.2 Å². The van der Waals surface area contributed by atoms with Crippen LogP contribution in [0.25, 0.3) is 11.0 Å². The SMILES string of the molecule is CN1CCN(c2nc3cc(Cl)c(Cl)cc3nc2CN)CC1. The lowest BCUT2D eigenvalue weighted by Crippen LogP contribution is -2.45. The van der Waals surface area contributed by atoms with Crippen LogP contribution in [0.5, 0.6) is 0 Å². The number of nitrogens with zero attached hydrogens (tertiary/aromatic N) is 4. The first-order chi connectivity index (χ1) is 10.1. The van der Waals surface area contributed by atoms with Gasteiger partial charge in [0.25, 0.3) is 0 Å². The van der Waals surface area contributed by atoms with Crippen LogP contribution in [0.15, 0.2) is 12.1 Å². The van der Waals surface area contributed by atoms with E-state index in [0.717, 1.165) is 48.7 Å². The standard InChI is InChI=1S/C14H17Cl2N5/c1-20-2-4-21(5-3-20)14-13(8-17)18-11-6-9(15)10(16)7-12(11)19-14/h6-7H,2-5,8,17H2,1H3. The zero-order chi connectivity index (χ0) is 15.0. The summed E-state index contributed by atoms with van der Waals surface area (Å²) in [6.07, 6.45) is 0. The molecule has 0 atom stereocenters. The summed E-state index contributed by atoms with van der Waals surface area (Å²) in [5, 5.41) is 0.970. The fourth-order valence-corrected chi connectivity index (χ4v) is 2.80. The predicted molar refractivity (Wildman–Crippen MR) is 87.2 cm³/mol. The molecular weight excluding hydrogens is 309 g/mol. The van der Waals surface area contributed by atoms with Crippen LogP contribution in [-0.2, 0) is 6.54 Å². The normalized spacial score (nSPS) is 16.7. The summed E-state index contributed by atoms with van der Waals surface area (Å²) in [5.41, 5.74) is 8.11. The van der Waals surface area contributed by atoms with E-state index in [2.05, 4.69) is 21.8 Å². The van der Waals surface area contributed by atoms with Crippen LogP contribution in [0.1, 0.15) is 5.69 Å². The molecule has 0 saturated carbocycles. The van der Waals surface area contributed by atoms with Gasteiger partial charge in [0.1, 0.15) is 0 Å². The highest BCUT2D eigenvalue weighted by Crippen LogP contribution is 2.28. The summed E-state index contributed by atoms with van der Waals surface area (Å²) >= 11 is 12.1. The van der Waals surface area contributed by atoms with Gasteiger partial charge in [0, 0.05) is 32.7 Å². The van der Waals surface area contributed by atoms with Crippen molar-refractivity contribution in [2.75, 3.05) is 38.1 Å². The Hall–Kier alpha value is -1.14. The van der Waals surface area contributed by atoms with Crippen molar-refractivity contribution in [1.82, 2.24) is 14.9 Å². The Labute approximate surface area is 133 Å². The van der Waals surface area contributed by atoms with Crippen LogP contribution >= 0.6 is 23.2 Å². The fourth-order valence-electron chi connectivity index (χ4n) is 2.49. The molecule has 1 fully saturated rings. The first kappa shape index (κ1) is 14.8. The van der Waals surface area contributed by atoms with Gasteiger partial charge in [-0.25, -0.2) is 9.97 Å². The molecule has 0 bridgehead atoms. The number of rotatable bonds is 2. The van der Waals surface area contributed by atoms with Gasteiger partial charge in [0.05, 0.1) is 26.8 Å². The van der Waals surface area contributed by atoms with Crippen LogP contribution in [0.3, 0.4) is 0 Å². The first-order valence-corrected chi connectivity index (χ1v) is 7.63. The molecule has 2 heterocycles. The maximum atomic E-state index is 6.07. The highest BCUT2D eigenvalue weighted by Gasteiger charge is 2.19. The van der Waals surface area contributed by atoms with Crippen molar-refractivity contribution in [2.24, 2.45) is 5.73 Å². The number of likely N-dealkylation sites (N-methyl/N-ethyl adjacent to an activating group) is 1. The minimum atomic E-state index is 0.352. The molecular formula is C14H17Cl2N5. The lowest BCUT2D eigenvalue weighted by atomic mass is 10.2. The molecule has 0 spiro atoms. The molecule has 1 aliphatic heterocycles. The topological polar surface area (TPSA) is 58.3 Å². The Morgan fingerprint density at radius 3 is 2.19 bits per heavy atom. The Bertz CT molecular complexity index is 668. The van der Waals surface area contributed by atoms with Crippen molar-refractivity contribution >= 4 is 40.1 Å². The average molecular weight is 326 g/mol. The fraction of sp³-hybridized carbons (Fsp3) is 0.429. The number of aromatic nitrogens is 2. The average Bonchev–Trinajstić information content (AvgIpc) is 2.48. The first-order valence-electron chi connectivity index (χ1n) is 6.87. The van der Waals surface area contributed by atoms with E-state index in [1.54, 1.807) is 12.1 Å². The minimum absolute atomic E-state index is 0.352. The van der Waals surface area contributed by atoms with E-state index in [9.17, 15) is 0 Å². The van der Waals surface area contributed by atoms with Gasteiger partial charge in [0.15, 0.2) is 5.82 Å². The third-order valence-corrected chi connectivity index (χ3v) is 4.48. The summed E-state index contributed by atoms with van der Waals surface area (Å²) in [6, 6.07) is 3.49. The number of anilines is 1. The zero-order valence-electron chi connectivity index (χ0n) is 11.8. The molecule has 0 radical (unpaired) electrons. The van der Waals surface area contributed by atoms with Crippen molar-refractivity contribution in [2.45, 2.75) is 6.54 Å². The van der Waals surface area contributed by atoms with E-state index >= 15 is 0 Å². The van der Waals surface area contributed by atoms with Gasteiger partial charge in [-0.2, -0.15) is 0 Å². The highest BCUT2D eigenvalue weighted by molar-refractivity contribution is 6.42. The van der Waals surface area contributed by atoms with E-state index in [1.807, 2.05) is 0 Å². The highest BCUT2D eigenvalue weighted by atomic mass is 35.5. The summed E-state index contributed by atoms with van der Waals surface area (Å²) in [5.74, 6) is 0.858. The van der Waals surface area contributed by atoms with E-state index < -0.39 is 0 Å². The van der Waals surface area contributed by atoms with E-state index in [4.69, 9.17) is 33.9 Å². The van der Waals surface area contributed by atoms with Crippen molar-refractivity contribution < 1.29 is 0 Å². The monoisotopic (exact) mass is 325 g/mol. The molecule has 1 aliphatic rings. The summed E-state index contributed by atoms with van der Waals surface area (Å²) in [7, 11) is 2.12. The largest absolute Gasteiger partial charge is 0.352 e. The summed E-state index contributed by atoms with van der Waals surface area (Å²) in [4.78, 5) is 13.9. The van der Waals surface area contributed by atoms with E-state index in [0.29, 0.717) is 16.6 Å². The van der Waals surface area contributed by atoms with Crippen LogP contribution in [0, 0.1) is 0 Å². The lowest BCUT2D eigenvalue weighted by molar-refractivity contribution is 0.312. The van der Waals surface area contributed by atoms with Gasteiger partial charge in [0.2, 0.25) is 0 Å². The van der Waals surface area contributed by atoms with Gasteiger partial charge in [-0.15, -0.1) is 0 Å². The minimum Gasteiger partial charge on any atom is -0.352 e. The molecule has 3 rings (SSSR count). The molecule has 112 valence electrons. The van der Waals surface area contributed by atoms with Crippen molar-refractivity contribution in [1.29, 1.82) is 0 Å².